The average molecular weight is 382 g/mol. The van der Waals surface area contributed by atoms with Crippen LogP contribution in [0.2, 0.25) is 0 Å². The second-order valence-corrected chi connectivity index (χ2v) is 7.31. The van der Waals surface area contributed by atoms with Gasteiger partial charge in [0.1, 0.15) is 0 Å². The monoisotopic (exact) mass is 381 g/mol. The number of nitrogens with one attached hydrogen (secondary N) is 2. The minimum atomic E-state index is 0.318. The molecule has 28 heavy (non-hydrogen) atoms. The zero-order valence-corrected chi connectivity index (χ0v) is 17.0. The molecule has 0 saturated carbocycles. The summed E-state index contributed by atoms with van der Waals surface area (Å²) >= 11 is 0. The van der Waals surface area contributed by atoms with Gasteiger partial charge in [0.25, 0.3) is 0 Å². The molecule has 150 valence electrons. The van der Waals surface area contributed by atoms with Crippen molar-refractivity contribution in [2.75, 3.05) is 50.0 Å². The molecule has 1 aromatic carbocycles. The van der Waals surface area contributed by atoms with Crippen LogP contribution in [0.1, 0.15) is 13.8 Å². The maximum absolute atomic E-state index is 4.50. The Balaban J connectivity index is 1.52. The highest BCUT2D eigenvalue weighted by atomic mass is 15.4. The van der Waals surface area contributed by atoms with Gasteiger partial charge in [-0.15, -0.1) is 0 Å². The fraction of sp³-hybridized carbons (Fsp3) is 0.476. The maximum atomic E-state index is 4.50. The maximum Gasteiger partial charge on any atom is 0.225 e. The normalized spacial score (nSPS) is 16.2. The van der Waals surface area contributed by atoms with Crippen molar-refractivity contribution in [1.82, 2.24) is 20.2 Å². The van der Waals surface area contributed by atoms with Crippen LogP contribution in [-0.2, 0) is 0 Å². The lowest BCUT2D eigenvalue weighted by atomic mass is 10.0. The lowest BCUT2D eigenvalue weighted by molar-refractivity contribution is 0.367. The summed E-state index contributed by atoms with van der Waals surface area (Å²) in [6.45, 7) is 8.88. The average Bonchev–Trinajstić information content (AvgIpc) is 2.75. The summed E-state index contributed by atoms with van der Waals surface area (Å²) in [5, 5.41) is 7.19. The highest BCUT2D eigenvalue weighted by Gasteiger charge is 2.22. The van der Waals surface area contributed by atoms with Crippen molar-refractivity contribution in [3.8, 4) is 0 Å². The van der Waals surface area contributed by atoms with Gasteiger partial charge in [-0.1, -0.05) is 32.0 Å². The van der Waals surface area contributed by atoms with Gasteiger partial charge >= 0.3 is 0 Å². The van der Waals surface area contributed by atoms with Gasteiger partial charge in [-0.2, -0.15) is 0 Å². The molecule has 2 aromatic rings. The Morgan fingerprint density at radius 3 is 2.32 bits per heavy atom. The molecule has 0 spiro atoms. The van der Waals surface area contributed by atoms with Crippen LogP contribution in [0.15, 0.2) is 53.8 Å². The molecule has 1 fully saturated rings. The van der Waals surface area contributed by atoms with E-state index in [1.165, 1.54) is 0 Å². The largest absolute Gasteiger partial charge is 0.380 e. The first kappa shape index (κ1) is 19.9. The molecule has 1 saturated heterocycles. The third-order valence-electron chi connectivity index (χ3n) is 5.04. The number of hydrogen-bond acceptors (Lipinski definition) is 5. The van der Waals surface area contributed by atoms with Crippen LogP contribution in [0.3, 0.4) is 0 Å². The van der Waals surface area contributed by atoms with Crippen molar-refractivity contribution in [3.63, 3.8) is 0 Å². The van der Waals surface area contributed by atoms with E-state index in [-0.39, 0.29) is 0 Å². The van der Waals surface area contributed by atoms with E-state index in [4.69, 9.17) is 0 Å². The summed E-state index contributed by atoms with van der Waals surface area (Å²) < 4.78 is 0. The Labute approximate surface area is 167 Å². The fourth-order valence-corrected chi connectivity index (χ4v) is 3.31. The third kappa shape index (κ3) is 5.34. The van der Waals surface area contributed by atoms with E-state index in [1.807, 2.05) is 19.2 Å². The predicted octanol–water partition coefficient (Wildman–Crippen LogP) is 2.31. The third-order valence-corrected chi connectivity index (χ3v) is 5.04. The van der Waals surface area contributed by atoms with Crippen LogP contribution >= 0.6 is 0 Å². The molecule has 7 nitrogen and oxygen atoms in total. The van der Waals surface area contributed by atoms with Gasteiger partial charge in [-0.3, -0.25) is 4.99 Å². The molecule has 1 atom stereocenters. The molecular weight excluding hydrogens is 350 g/mol. The van der Waals surface area contributed by atoms with Crippen molar-refractivity contribution in [2.24, 2.45) is 10.9 Å². The number of anilines is 2. The van der Waals surface area contributed by atoms with E-state index in [2.05, 4.69) is 73.5 Å². The van der Waals surface area contributed by atoms with Gasteiger partial charge in [0.05, 0.1) is 0 Å². The molecule has 0 bridgehead atoms. The molecule has 1 aliphatic rings. The van der Waals surface area contributed by atoms with E-state index in [9.17, 15) is 0 Å². The minimum Gasteiger partial charge on any atom is -0.380 e. The van der Waals surface area contributed by atoms with Crippen LogP contribution < -0.4 is 15.5 Å². The van der Waals surface area contributed by atoms with Crippen LogP contribution in [0.25, 0.3) is 0 Å². The smallest absolute Gasteiger partial charge is 0.225 e. The summed E-state index contributed by atoms with van der Waals surface area (Å²) in [6, 6.07) is 12.5. The number of benzene rings is 1. The number of aromatic nitrogens is 2. The minimum absolute atomic E-state index is 0.318. The summed E-state index contributed by atoms with van der Waals surface area (Å²) in [5.41, 5.74) is 1.15. The van der Waals surface area contributed by atoms with E-state index in [0.29, 0.717) is 12.0 Å². The van der Waals surface area contributed by atoms with E-state index < -0.39 is 0 Å². The quantitative estimate of drug-likeness (QED) is 0.591. The number of guanidine groups is 1. The van der Waals surface area contributed by atoms with E-state index >= 15 is 0 Å². The number of para-hydroxylation sites is 1. The van der Waals surface area contributed by atoms with Crippen molar-refractivity contribution >= 4 is 17.6 Å². The zero-order valence-electron chi connectivity index (χ0n) is 17.0. The molecule has 0 radical (unpaired) electrons. The number of hydrogen-bond donors (Lipinski definition) is 2. The predicted molar refractivity (Wildman–Crippen MR) is 116 cm³/mol. The molecule has 3 rings (SSSR count). The van der Waals surface area contributed by atoms with Gasteiger partial charge in [-0.05, 0) is 24.1 Å². The molecule has 2 N–H and O–H groups in total. The molecule has 0 amide bonds. The topological polar surface area (TPSA) is 68.7 Å². The van der Waals surface area contributed by atoms with Crippen LogP contribution in [0, 0.1) is 5.92 Å². The van der Waals surface area contributed by atoms with Gasteiger partial charge in [0, 0.05) is 63.9 Å². The van der Waals surface area contributed by atoms with Crippen LogP contribution in [0.4, 0.5) is 11.6 Å². The second kappa shape index (κ2) is 9.92. The zero-order chi connectivity index (χ0) is 19.8. The van der Waals surface area contributed by atoms with Gasteiger partial charge in [0.15, 0.2) is 5.96 Å². The molecule has 7 heteroatoms. The van der Waals surface area contributed by atoms with Crippen molar-refractivity contribution in [1.29, 1.82) is 0 Å². The number of nitrogens with zero attached hydrogens (tertiary/aromatic N) is 5. The Hall–Kier alpha value is -2.83. The summed E-state index contributed by atoms with van der Waals surface area (Å²) in [4.78, 5) is 17.7. The van der Waals surface area contributed by atoms with Crippen LogP contribution in [0.5, 0.6) is 0 Å². The Morgan fingerprint density at radius 1 is 1.04 bits per heavy atom. The number of rotatable bonds is 6. The van der Waals surface area contributed by atoms with E-state index in [0.717, 1.165) is 50.3 Å². The van der Waals surface area contributed by atoms with Gasteiger partial charge < -0.3 is 20.4 Å². The molecule has 1 unspecified atom stereocenters. The van der Waals surface area contributed by atoms with Crippen molar-refractivity contribution < 1.29 is 0 Å². The first-order valence-electron chi connectivity index (χ1n) is 9.96. The standard InChI is InChI=1S/C21H31N7/c1-17(2)19(26-18-8-5-4-6-9-18)16-25-20(22-3)27-12-14-28(15-13-27)21-23-10-7-11-24-21/h4-11,17,19,26H,12-16H2,1-3H3,(H,22,25). The Bertz CT molecular complexity index is 725. The van der Waals surface area contributed by atoms with Gasteiger partial charge in [0.2, 0.25) is 5.95 Å². The summed E-state index contributed by atoms with van der Waals surface area (Å²) in [7, 11) is 1.85. The highest BCUT2D eigenvalue weighted by Crippen LogP contribution is 2.13. The first-order chi connectivity index (χ1) is 13.7. The van der Waals surface area contributed by atoms with E-state index in [1.54, 1.807) is 12.4 Å². The molecular formula is C21H31N7. The lowest BCUT2D eigenvalue weighted by Gasteiger charge is -2.37. The van der Waals surface area contributed by atoms with Crippen LogP contribution in [-0.4, -0.2) is 66.6 Å². The second-order valence-electron chi connectivity index (χ2n) is 7.31. The Morgan fingerprint density at radius 2 is 1.71 bits per heavy atom. The van der Waals surface area contributed by atoms with Crippen molar-refractivity contribution in [2.45, 2.75) is 19.9 Å². The summed E-state index contributed by atoms with van der Waals surface area (Å²) in [6.07, 6.45) is 3.59. The van der Waals surface area contributed by atoms with Gasteiger partial charge in [-0.25, -0.2) is 9.97 Å². The number of piperazine rings is 1. The molecule has 2 heterocycles. The highest BCUT2D eigenvalue weighted by molar-refractivity contribution is 5.80. The molecule has 1 aromatic heterocycles. The number of aliphatic imine (C=N–C) groups is 1. The first-order valence-corrected chi connectivity index (χ1v) is 9.96. The Kier molecular flexibility index (Phi) is 7.06. The molecule has 1 aliphatic heterocycles. The SMILES string of the molecule is CN=C(NCC(Nc1ccccc1)C(C)C)N1CCN(c2ncccn2)CC1. The molecule has 0 aliphatic carbocycles. The fourth-order valence-electron chi connectivity index (χ4n) is 3.31. The lowest BCUT2D eigenvalue weighted by Crippen LogP contribution is -2.54. The van der Waals surface area contributed by atoms with Crippen molar-refractivity contribution in [3.05, 3.63) is 48.8 Å². The summed E-state index contributed by atoms with van der Waals surface area (Å²) in [5.74, 6) is 2.25.